The smallest absolute Gasteiger partial charge is 0.254 e. The fourth-order valence-electron chi connectivity index (χ4n) is 11.0. The van der Waals surface area contributed by atoms with E-state index in [1.54, 1.807) is 0 Å². The van der Waals surface area contributed by atoms with Gasteiger partial charge in [-0.2, -0.15) is 0 Å². The average Bonchev–Trinajstić information content (AvgIpc) is 3.32. The number of aromatic nitrogens is 2. The second kappa shape index (κ2) is 13.5. The van der Waals surface area contributed by atoms with Crippen molar-refractivity contribution in [2.75, 3.05) is 26.2 Å². The molecule has 0 spiro atoms. The SMILES string of the molecule is CC[C@@H](C1CCN(CCNC(=O)CC23CC4CC(CC(C4)C2)C3)CC1)n1c(C)c(C(=O)NCc2c(C)cc(C)[nH]c2=O)c2ccccc21. The number of nitrogens with zero attached hydrogens (tertiary/aromatic N) is 2. The molecule has 48 heavy (non-hydrogen) atoms. The van der Waals surface area contributed by atoms with Crippen LogP contribution in [0, 0.1) is 49.9 Å². The molecule has 1 saturated heterocycles. The van der Waals surface area contributed by atoms with Crippen LogP contribution >= 0.6 is 0 Å². The molecule has 4 saturated carbocycles. The predicted molar refractivity (Wildman–Crippen MR) is 191 cm³/mol. The van der Waals surface area contributed by atoms with Crippen molar-refractivity contribution in [1.82, 2.24) is 25.1 Å². The van der Waals surface area contributed by atoms with E-state index in [9.17, 15) is 14.4 Å². The summed E-state index contributed by atoms with van der Waals surface area (Å²) in [6.07, 6.45) is 12.1. The fourth-order valence-corrected chi connectivity index (χ4v) is 11.0. The van der Waals surface area contributed by atoms with Gasteiger partial charge in [-0.3, -0.25) is 14.4 Å². The predicted octanol–water partition coefficient (Wildman–Crippen LogP) is 6.57. The minimum atomic E-state index is -0.149. The minimum absolute atomic E-state index is 0.142. The van der Waals surface area contributed by atoms with Crippen LogP contribution in [0.2, 0.25) is 0 Å². The van der Waals surface area contributed by atoms with E-state index >= 15 is 0 Å². The highest BCUT2D eigenvalue weighted by Crippen LogP contribution is 2.61. The molecule has 1 atom stereocenters. The van der Waals surface area contributed by atoms with Crippen LogP contribution in [0.5, 0.6) is 0 Å². The molecule has 8 rings (SSSR count). The number of nitrogens with one attached hydrogen (secondary N) is 3. The highest BCUT2D eigenvalue weighted by Gasteiger charge is 2.51. The lowest BCUT2D eigenvalue weighted by molar-refractivity contribution is -0.129. The number of para-hydroxylation sites is 1. The molecule has 3 heterocycles. The van der Waals surface area contributed by atoms with Crippen molar-refractivity contribution in [3.63, 3.8) is 0 Å². The fraction of sp³-hybridized carbons (Fsp3) is 0.625. The number of amides is 2. The zero-order chi connectivity index (χ0) is 33.6. The number of fused-ring (bicyclic) bond motifs is 1. The van der Waals surface area contributed by atoms with Gasteiger partial charge in [-0.25, -0.2) is 0 Å². The summed E-state index contributed by atoms with van der Waals surface area (Å²) < 4.78 is 2.42. The number of carbonyl (C=O) groups excluding carboxylic acids is 2. The van der Waals surface area contributed by atoms with E-state index in [2.05, 4.69) is 51.1 Å². The molecule has 0 unspecified atom stereocenters. The second-order valence-electron chi connectivity index (χ2n) is 16.1. The van der Waals surface area contributed by atoms with Crippen molar-refractivity contribution in [3.05, 3.63) is 68.8 Å². The Labute approximate surface area is 285 Å². The van der Waals surface area contributed by atoms with Gasteiger partial charge in [0.2, 0.25) is 5.91 Å². The number of benzene rings is 1. The first-order chi connectivity index (χ1) is 23.1. The Hall–Kier alpha value is -3.39. The normalized spacial score (nSPS) is 26.2. The number of rotatable bonds is 11. The van der Waals surface area contributed by atoms with Crippen LogP contribution in [0.4, 0.5) is 0 Å². The number of aryl methyl sites for hydroxylation is 2. The van der Waals surface area contributed by atoms with Crippen LogP contribution in [-0.4, -0.2) is 52.4 Å². The molecular weight excluding hydrogens is 598 g/mol. The van der Waals surface area contributed by atoms with Gasteiger partial charge in [0.05, 0.1) is 5.56 Å². The molecule has 8 heteroatoms. The summed E-state index contributed by atoms with van der Waals surface area (Å²) in [4.78, 5) is 44.8. The second-order valence-corrected chi connectivity index (χ2v) is 16.1. The van der Waals surface area contributed by atoms with Gasteiger partial charge >= 0.3 is 0 Å². The number of aromatic amines is 1. The third-order valence-corrected chi connectivity index (χ3v) is 12.7. The summed E-state index contributed by atoms with van der Waals surface area (Å²) >= 11 is 0. The summed E-state index contributed by atoms with van der Waals surface area (Å²) in [7, 11) is 0. The largest absolute Gasteiger partial charge is 0.355 e. The number of hydrogen-bond donors (Lipinski definition) is 3. The molecule has 4 aliphatic carbocycles. The first-order valence-corrected chi connectivity index (χ1v) is 18.7. The van der Waals surface area contributed by atoms with Crippen LogP contribution in [0.25, 0.3) is 10.9 Å². The van der Waals surface area contributed by atoms with E-state index in [1.165, 1.54) is 38.5 Å². The molecule has 8 nitrogen and oxygen atoms in total. The molecule has 5 fully saturated rings. The van der Waals surface area contributed by atoms with Gasteiger partial charge in [-0.15, -0.1) is 0 Å². The van der Waals surface area contributed by atoms with Gasteiger partial charge in [-0.05, 0) is 138 Å². The maximum Gasteiger partial charge on any atom is 0.254 e. The summed E-state index contributed by atoms with van der Waals surface area (Å²) in [5.74, 6) is 3.29. The average molecular weight is 654 g/mol. The van der Waals surface area contributed by atoms with E-state index < -0.39 is 0 Å². The number of piperidine rings is 1. The number of hydrogen-bond acceptors (Lipinski definition) is 4. The third-order valence-electron chi connectivity index (χ3n) is 12.7. The number of H-pyrrole nitrogens is 1. The van der Waals surface area contributed by atoms with Crippen LogP contribution in [-0.2, 0) is 11.3 Å². The lowest BCUT2D eigenvalue weighted by Gasteiger charge is -2.56. The molecule has 2 aromatic heterocycles. The molecule has 2 amide bonds. The van der Waals surface area contributed by atoms with E-state index in [0.29, 0.717) is 28.5 Å². The minimum Gasteiger partial charge on any atom is -0.355 e. The standard InChI is InChI=1S/C40H55N5O3/c1-5-34(31-10-13-44(14-11-31)15-12-41-36(46)23-40-20-28-17-29(21-40)19-30(18-28)22-40)45-27(4)37(32-8-6-7-9-35(32)45)39(48)42-24-33-25(2)16-26(3)43-38(33)47/h6-9,16,28-31,34H,5,10-15,17-24H2,1-4H3,(H,41,46)(H,42,48)(H,43,47)/t28?,29?,30?,34-,40?/m0/s1. The molecule has 258 valence electrons. The van der Waals surface area contributed by atoms with Gasteiger partial charge in [-0.1, -0.05) is 25.1 Å². The van der Waals surface area contributed by atoms with Crippen molar-refractivity contribution < 1.29 is 9.59 Å². The van der Waals surface area contributed by atoms with Crippen molar-refractivity contribution in [3.8, 4) is 0 Å². The van der Waals surface area contributed by atoms with Gasteiger partial charge in [0, 0.05) is 60.0 Å². The van der Waals surface area contributed by atoms with Crippen LogP contribution in [0.1, 0.15) is 110 Å². The zero-order valence-corrected chi connectivity index (χ0v) is 29.5. The van der Waals surface area contributed by atoms with Crippen molar-refractivity contribution in [2.24, 2.45) is 29.1 Å². The molecule has 1 aliphatic heterocycles. The summed E-state index contributed by atoms with van der Waals surface area (Å²) in [5.41, 5.74) is 5.23. The first kappa shape index (κ1) is 33.1. The van der Waals surface area contributed by atoms with Gasteiger partial charge in [0.1, 0.15) is 0 Å². The Morgan fingerprint density at radius 1 is 0.979 bits per heavy atom. The highest BCUT2D eigenvalue weighted by atomic mass is 16.2. The Morgan fingerprint density at radius 2 is 1.65 bits per heavy atom. The van der Waals surface area contributed by atoms with E-state index in [1.807, 2.05) is 32.0 Å². The molecule has 0 radical (unpaired) electrons. The lowest BCUT2D eigenvalue weighted by Crippen LogP contribution is -2.48. The number of pyridine rings is 1. The van der Waals surface area contributed by atoms with Crippen molar-refractivity contribution in [1.29, 1.82) is 0 Å². The third kappa shape index (κ3) is 6.49. The van der Waals surface area contributed by atoms with Crippen molar-refractivity contribution >= 4 is 22.7 Å². The summed E-state index contributed by atoms with van der Waals surface area (Å²) in [6.45, 7) is 12.0. The Balaban J connectivity index is 0.959. The zero-order valence-electron chi connectivity index (χ0n) is 29.5. The Morgan fingerprint density at radius 3 is 2.29 bits per heavy atom. The molecular formula is C40H55N5O3. The molecule has 3 N–H and O–H groups in total. The van der Waals surface area contributed by atoms with Crippen LogP contribution in [0.15, 0.2) is 35.1 Å². The molecule has 3 aromatic rings. The van der Waals surface area contributed by atoms with Crippen molar-refractivity contribution in [2.45, 2.75) is 104 Å². The Kier molecular flexibility index (Phi) is 9.31. The first-order valence-electron chi connectivity index (χ1n) is 18.7. The van der Waals surface area contributed by atoms with E-state index in [-0.39, 0.29) is 23.9 Å². The summed E-state index contributed by atoms with van der Waals surface area (Å²) in [5, 5.41) is 7.32. The lowest BCUT2D eigenvalue weighted by atomic mass is 9.49. The van der Waals surface area contributed by atoms with Gasteiger partial charge in [0.25, 0.3) is 11.5 Å². The van der Waals surface area contributed by atoms with Gasteiger partial charge in [0.15, 0.2) is 0 Å². The number of carbonyl (C=O) groups is 2. The molecule has 1 aromatic carbocycles. The van der Waals surface area contributed by atoms with E-state index in [4.69, 9.17) is 0 Å². The summed E-state index contributed by atoms with van der Waals surface area (Å²) in [6, 6.07) is 10.5. The maximum absolute atomic E-state index is 13.7. The highest BCUT2D eigenvalue weighted by molar-refractivity contribution is 6.08. The number of likely N-dealkylation sites (tertiary alicyclic amines) is 1. The van der Waals surface area contributed by atoms with Gasteiger partial charge < -0.3 is 25.1 Å². The topological polar surface area (TPSA) is 99.2 Å². The molecule has 5 aliphatic rings. The maximum atomic E-state index is 13.7. The van der Waals surface area contributed by atoms with Crippen LogP contribution in [0.3, 0.4) is 0 Å². The monoisotopic (exact) mass is 653 g/mol. The van der Waals surface area contributed by atoms with Crippen LogP contribution < -0.4 is 16.2 Å². The quantitative estimate of drug-likeness (QED) is 0.218. The van der Waals surface area contributed by atoms with E-state index in [0.717, 1.165) is 97.5 Å². The molecule has 4 bridgehead atoms. The Bertz CT molecular complexity index is 1690.